The van der Waals surface area contributed by atoms with Gasteiger partial charge in [-0.25, -0.2) is 13.1 Å². The number of hydrazine groups is 1. The van der Waals surface area contributed by atoms with Gasteiger partial charge in [-0.05, 0) is 51.0 Å². The molecule has 0 saturated heterocycles. The van der Waals surface area contributed by atoms with E-state index in [1.54, 1.807) is 39.8 Å². The lowest BCUT2D eigenvalue weighted by Gasteiger charge is -2.25. The maximum absolute atomic E-state index is 12.6. The average Bonchev–Trinajstić information content (AvgIpc) is 2.23. The lowest BCUT2D eigenvalue weighted by atomic mass is 10.0. The minimum absolute atomic E-state index is 0.0905. The largest absolute Gasteiger partial charge is 0.370 e. The minimum Gasteiger partial charge on any atom is -0.370 e. The number of carbonyl (C=O) groups is 1. The third-order valence-electron chi connectivity index (χ3n) is 2.92. The Morgan fingerprint density at radius 1 is 1.24 bits per heavy atom. The van der Waals surface area contributed by atoms with Gasteiger partial charge in [-0.3, -0.25) is 10.6 Å². The highest BCUT2D eigenvalue weighted by Crippen LogP contribution is 2.25. The van der Waals surface area contributed by atoms with Crippen molar-refractivity contribution in [3.63, 3.8) is 0 Å². The van der Waals surface area contributed by atoms with Gasteiger partial charge >= 0.3 is 0 Å². The van der Waals surface area contributed by atoms with Crippen LogP contribution < -0.4 is 21.7 Å². The Balaban J connectivity index is 3.23. The fourth-order valence-corrected chi connectivity index (χ4v) is 4.21. The van der Waals surface area contributed by atoms with Crippen LogP contribution in [-0.4, -0.2) is 19.9 Å². The maximum atomic E-state index is 12.6. The summed E-state index contributed by atoms with van der Waals surface area (Å²) in [5.74, 6) is 4.77. The second-order valence-corrected chi connectivity index (χ2v) is 7.34. The zero-order chi connectivity index (χ0) is 16.4. The minimum atomic E-state index is -3.78. The van der Waals surface area contributed by atoms with Crippen LogP contribution in [0.25, 0.3) is 0 Å². The first-order valence-electron chi connectivity index (χ1n) is 6.38. The molecule has 0 radical (unpaired) electrons. The van der Waals surface area contributed by atoms with E-state index in [9.17, 15) is 13.2 Å². The highest BCUT2D eigenvalue weighted by molar-refractivity contribution is 7.89. The van der Waals surface area contributed by atoms with Crippen LogP contribution in [0.1, 0.15) is 31.4 Å². The van der Waals surface area contributed by atoms with Gasteiger partial charge in [0.25, 0.3) is 0 Å². The third kappa shape index (κ3) is 4.42. The van der Waals surface area contributed by atoms with E-state index in [-0.39, 0.29) is 11.3 Å². The molecular weight excluding hydrogens is 292 g/mol. The summed E-state index contributed by atoms with van der Waals surface area (Å²) in [5, 5.41) is 0. The van der Waals surface area contributed by atoms with E-state index in [0.29, 0.717) is 16.8 Å². The van der Waals surface area contributed by atoms with E-state index >= 15 is 0 Å². The van der Waals surface area contributed by atoms with Crippen molar-refractivity contribution in [2.45, 2.75) is 44.6 Å². The summed E-state index contributed by atoms with van der Waals surface area (Å²) >= 11 is 0. The van der Waals surface area contributed by atoms with Crippen LogP contribution in [0, 0.1) is 13.8 Å². The van der Waals surface area contributed by atoms with E-state index in [4.69, 9.17) is 11.6 Å². The van der Waals surface area contributed by atoms with Gasteiger partial charge < -0.3 is 11.2 Å². The number of hydrogen-bond donors (Lipinski definition) is 4. The third-order valence-corrected chi connectivity index (χ3v) is 4.93. The van der Waals surface area contributed by atoms with Gasteiger partial charge in [0.1, 0.15) is 0 Å². The molecule has 0 aliphatic carbocycles. The van der Waals surface area contributed by atoms with Crippen molar-refractivity contribution >= 4 is 21.6 Å². The molecule has 0 atom stereocenters. The molecule has 0 aliphatic rings. The standard InChI is InChI=1S/C13H22N4O3S/c1-8-5-10(16-15)6-9(2)12(8)21(19,20)17-13(3,4)7-11(14)18/h5-6,16-17H,7,15H2,1-4H3,(H2,14,18). The quantitative estimate of drug-likeness (QED) is 0.449. The number of nitrogen functional groups attached to an aromatic ring is 1. The summed E-state index contributed by atoms with van der Waals surface area (Å²) in [6.45, 7) is 6.58. The highest BCUT2D eigenvalue weighted by atomic mass is 32.2. The maximum Gasteiger partial charge on any atom is 0.241 e. The van der Waals surface area contributed by atoms with Crippen molar-refractivity contribution in [2.75, 3.05) is 5.43 Å². The molecule has 0 aromatic heterocycles. The summed E-state index contributed by atoms with van der Waals surface area (Å²) in [4.78, 5) is 11.2. The van der Waals surface area contributed by atoms with Gasteiger partial charge in [0.15, 0.2) is 0 Å². The van der Waals surface area contributed by atoms with Crippen molar-refractivity contribution in [3.05, 3.63) is 23.3 Å². The summed E-state index contributed by atoms with van der Waals surface area (Å²) < 4.78 is 27.6. The second kappa shape index (κ2) is 6.00. The first kappa shape index (κ1) is 17.4. The van der Waals surface area contributed by atoms with Crippen LogP contribution in [0.15, 0.2) is 17.0 Å². The lowest BCUT2D eigenvalue weighted by Crippen LogP contribution is -2.46. The number of primary amides is 1. The van der Waals surface area contributed by atoms with Crippen molar-refractivity contribution in [2.24, 2.45) is 11.6 Å². The molecule has 0 spiro atoms. The van der Waals surface area contributed by atoms with Gasteiger partial charge in [0, 0.05) is 17.6 Å². The number of hydrogen-bond acceptors (Lipinski definition) is 5. The van der Waals surface area contributed by atoms with Gasteiger partial charge in [-0.2, -0.15) is 0 Å². The van der Waals surface area contributed by atoms with Gasteiger partial charge in [-0.15, -0.1) is 0 Å². The number of sulfonamides is 1. The number of benzene rings is 1. The number of anilines is 1. The molecule has 1 amide bonds. The smallest absolute Gasteiger partial charge is 0.241 e. The molecule has 6 N–H and O–H groups in total. The topological polar surface area (TPSA) is 127 Å². The van der Waals surface area contributed by atoms with Crippen molar-refractivity contribution < 1.29 is 13.2 Å². The summed E-state index contributed by atoms with van der Waals surface area (Å²) in [6, 6.07) is 3.28. The zero-order valence-electron chi connectivity index (χ0n) is 12.6. The molecule has 1 aromatic carbocycles. The molecule has 0 saturated carbocycles. The van der Waals surface area contributed by atoms with E-state index < -0.39 is 21.5 Å². The van der Waals surface area contributed by atoms with E-state index in [1.807, 2.05) is 0 Å². The molecule has 118 valence electrons. The monoisotopic (exact) mass is 314 g/mol. The summed E-state index contributed by atoms with van der Waals surface area (Å²) in [5.41, 5.74) is 8.41. The molecule has 8 heteroatoms. The first-order chi connectivity index (χ1) is 9.48. The van der Waals surface area contributed by atoms with Gasteiger partial charge in [-0.1, -0.05) is 0 Å². The lowest BCUT2D eigenvalue weighted by molar-refractivity contribution is -0.119. The van der Waals surface area contributed by atoms with E-state index in [1.165, 1.54) is 0 Å². The molecule has 0 bridgehead atoms. The molecule has 0 unspecified atom stereocenters. The van der Waals surface area contributed by atoms with Gasteiger partial charge in [0.2, 0.25) is 15.9 Å². The van der Waals surface area contributed by atoms with Gasteiger partial charge in [0.05, 0.1) is 4.90 Å². The Morgan fingerprint density at radius 2 is 1.71 bits per heavy atom. The molecular formula is C13H22N4O3S. The number of carbonyl (C=O) groups excluding carboxylic acids is 1. The fraction of sp³-hybridized carbons (Fsp3) is 0.462. The first-order valence-corrected chi connectivity index (χ1v) is 7.87. The number of nitrogens with two attached hydrogens (primary N) is 2. The Labute approximate surface area is 125 Å². The zero-order valence-corrected chi connectivity index (χ0v) is 13.5. The molecule has 21 heavy (non-hydrogen) atoms. The normalized spacial score (nSPS) is 12.2. The van der Waals surface area contributed by atoms with Crippen LogP contribution in [0.2, 0.25) is 0 Å². The number of nitrogens with one attached hydrogen (secondary N) is 2. The van der Waals surface area contributed by atoms with Crippen LogP contribution in [0.4, 0.5) is 5.69 Å². The van der Waals surface area contributed by atoms with E-state index in [2.05, 4.69) is 10.1 Å². The summed E-state index contributed by atoms with van der Waals surface area (Å²) in [6.07, 6.45) is -0.0905. The number of amides is 1. The van der Waals surface area contributed by atoms with Crippen LogP contribution in [0.3, 0.4) is 0 Å². The Kier molecular flexibility index (Phi) is 4.98. The van der Waals surface area contributed by atoms with Crippen molar-refractivity contribution in [1.82, 2.24) is 4.72 Å². The molecule has 1 aromatic rings. The number of rotatable bonds is 6. The Hall–Kier alpha value is -1.64. The predicted molar refractivity (Wildman–Crippen MR) is 81.9 cm³/mol. The van der Waals surface area contributed by atoms with Crippen molar-refractivity contribution in [1.29, 1.82) is 0 Å². The van der Waals surface area contributed by atoms with Crippen LogP contribution in [0.5, 0.6) is 0 Å². The van der Waals surface area contributed by atoms with E-state index in [0.717, 1.165) is 0 Å². The van der Waals surface area contributed by atoms with Crippen LogP contribution in [-0.2, 0) is 14.8 Å². The Bertz CT molecular complexity index is 630. The molecule has 0 fully saturated rings. The fourth-order valence-electron chi connectivity index (χ4n) is 2.34. The van der Waals surface area contributed by atoms with Crippen LogP contribution >= 0.6 is 0 Å². The Morgan fingerprint density at radius 3 is 2.10 bits per heavy atom. The molecule has 1 rings (SSSR count). The molecule has 0 heterocycles. The highest BCUT2D eigenvalue weighted by Gasteiger charge is 2.29. The molecule has 7 nitrogen and oxygen atoms in total. The number of aryl methyl sites for hydroxylation is 2. The SMILES string of the molecule is Cc1cc(NN)cc(C)c1S(=O)(=O)NC(C)(C)CC(N)=O. The second-order valence-electron chi connectivity index (χ2n) is 5.72. The summed E-state index contributed by atoms with van der Waals surface area (Å²) in [7, 11) is -3.78. The average molecular weight is 314 g/mol. The van der Waals surface area contributed by atoms with Crippen molar-refractivity contribution in [3.8, 4) is 0 Å². The molecule has 0 aliphatic heterocycles. The predicted octanol–water partition coefficient (Wildman–Crippen LogP) is 0.521.